The maximum absolute atomic E-state index is 13.4. The summed E-state index contributed by atoms with van der Waals surface area (Å²) < 4.78 is 13.4. The van der Waals surface area contributed by atoms with E-state index in [1.165, 1.54) is 18.2 Å². The van der Waals surface area contributed by atoms with Crippen LogP contribution in [-0.2, 0) is 16.0 Å². The molecule has 0 heterocycles. The lowest BCUT2D eigenvalue weighted by atomic mass is 10.1. The lowest BCUT2D eigenvalue weighted by molar-refractivity contribution is -0.126. The molecule has 2 aromatic rings. The molecule has 0 aromatic heterocycles. The smallest absolute Gasteiger partial charge is 0.233 e. The zero-order valence-corrected chi connectivity index (χ0v) is 13.1. The molecule has 2 rings (SSSR count). The molecule has 0 aliphatic rings. The van der Waals surface area contributed by atoms with Crippen molar-refractivity contribution in [2.45, 2.75) is 12.8 Å². The summed E-state index contributed by atoms with van der Waals surface area (Å²) in [6.45, 7) is 0.410. The van der Waals surface area contributed by atoms with Gasteiger partial charge in [-0.2, -0.15) is 0 Å². The topological polar surface area (TPSA) is 58.2 Å². The summed E-state index contributed by atoms with van der Waals surface area (Å²) in [5.41, 5.74) is 1.09. The number of hydrogen-bond donors (Lipinski definition) is 2. The van der Waals surface area contributed by atoms with Gasteiger partial charge in [0.15, 0.2) is 0 Å². The van der Waals surface area contributed by atoms with Gasteiger partial charge < -0.3 is 10.6 Å². The van der Waals surface area contributed by atoms with Gasteiger partial charge in [0.05, 0.1) is 5.69 Å². The van der Waals surface area contributed by atoms with Crippen LogP contribution in [0.1, 0.15) is 12.0 Å². The molecule has 0 unspecified atom stereocenters. The molecule has 6 heteroatoms. The SMILES string of the molecule is O=C(CC(=O)Nc1ccccc1F)NCCc1ccc(Cl)cc1. The third-order valence-electron chi connectivity index (χ3n) is 3.12. The summed E-state index contributed by atoms with van der Waals surface area (Å²) in [6, 6.07) is 13.1. The van der Waals surface area contributed by atoms with Gasteiger partial charge in [-0.05, 0) is 36.2 Å². The first kappa shape index (κ1) is 17.0. The second-order valence-corrected chi connectivity index (χ2v) is 5.37. The number of anilines is 1. The molecule has 0 aliphatic heterocycles. The predicted octanol–water partition coefficient (Wildman–Crippen LogP) is 3.17. The molecule has 23 heavy (non-hydrogen) atoms. The fourth-order valence-corrected chi connectivity index (χ4v) is 2.09. The highest BCUT2D eigenvalue weighted by Crippen LogP contribution is 2.12. The van der Waals surface area contributed by atoms with E-state index in [9.17, 15) is 14.0 Å². The van der Waals surface area contributed by atoms with Crippen molar-refractivity contribution >= 4 is 29.1 Å². The van der Waals surface area contributed by atoms with Crippen molar-refractivity contribution in [3.8, 4) is 0 Å². The molecule has 120 valence electrons. The Morgan fingerprint density at radius 3 is 2.39 bits per heavy atom. The number of halogens is 2. The lowest BCUT2D eigenvalue weighted by Crippen LogP contribution is -2.29. The van der Waals surface area contributed by atoms with Crippen LogP contribution in [0.15, 0.2) is 48.5 Å². The molecule has 0 saturated carbocycles. The zero-order valence-electron chi connectivity index (χ0n) is 12.3. The molecule has 0 aliphatic carbocycles. The van der Waals surface area contributed by atoms with Gasteiger partial charge in [0.2, 0.25) is 11.8 Å². The van der Waals surface area contributed by atoms with Crippen LogP contribution in [0.5, 0.6) is 0 Å². The molecule has 0 atom stereocenters. The summed E-state index contributed by atoms with van der Waals surface area (Å²) in [7, 11) is 0. The molecule has 0 radical (unpaired) electrons. The van der Waals surface area contributed by atoms with E-state index in [1.54, 1.807) is 18.2 Å². The number of carbonyl (C=O) groups excluding carboxylic acids is 2. The van der Waals surface area contributed by atoms with Crippen LogP contribution >= 0.6 is 11.6 Å². The second kappa shape index (κ2) is 8.29. The van der Waals surface area contributed by atoms with Crippen molar-refractivity contribution in [3.05, 3.63) is 64.9 Å². The van der Waals surface area contributed by atoms with Crippen LogP contribution in [0.3, 0.4) is 0 Å². The highest BCUT2D eigenvalue weighted by Gasteiger charge is 2.11. The van der Waals surface area contributed by atoms with Crippen LogP contribution in [0.2, 0.25) is 5.02 Å². The van der Waals surface area contributed by atoms with E-state index < -0.39 is 17.6 Å². The van der Waals surface area contributed by atoms with Crippen molar-refractivity contribution < 1.29 is 14.0 Å². The summed E-state index contributed by atoms with van der Waals surface area (Å²) in [6.07, 6.45) is 0.285. The number of nitrogens with one attached hydrogen (secondary N) is 2. The Balaban J connectivity index is 1.73. The van der Waals surface area contributed by atoms with Crippen LogP contribution in [0.25, 0.3) is 0 Å². The van der Waals surface area contributed by atoms with Crippen LogP contribution < -0.4 is 10.6 Å². The summed E-state index contributed by atoms with van der Waals surface area (Å²) in [5, 5.41) is 5.67. The molecule has 4 nitrogen and oxygen atoms in total. The highest BCUT2D eigenvalue weighted by atomic mass is 35.5. The Morgan fingerprint density at radius 2 is 1.70 bits per heavy atom. The number of rotatable bonds is 6. The normalized spacial score (nSPS) is 10.2. The third kappa shape index (κ3) is 5.71. The number of amides is 2. The van der Waals surface area contributed by atoms with Crippen molar-refractivity contribution in [2.24, 2.45) is 0 Å². The van der Waals surface area contributed by atoms with Gasteiger partial charge in [-0.15, -0.1) is 0 Å². The van der Waals surface area contributed by atoms with Crippen LogP contribution in [0.4, 0.5) is 10.1 Å². The van der Waals surface area contributed by atoms with E-state index in [4.69, 9.17) is 11.6 Å². The number of carbonyl (C=O) groups is 2. The van der Waals surface area contributed by atoms with Gasteiger partial charge in [-0.3, -0.25) is 9.59 Å². The maximum atomic E-state index is 13.4. The van der Waals surface area contributed by atoms with Crippen LogP contribution in [-0.4, -0.2) is 18.4 Å². The van der Waals surface area contributed by atoms with Crippen LogP contribution in [0, 0.1) is 5.82 Å². The zero-order chi connectivity index (χ0) is 16.7. The Hall–Kier alpha value is -2.40. The Morgan fingerprint density at radius 1 is 1.00 bits per heavy atom. The van der Waals surface area contributed by atoms with E-state index >= 15 is 0 Å². The average molecular weight is 335 g/mol. The van der Waals surface area contributed by atoms with Gasteiger partial charge >= 0.3 is 0 Å². The van der Waals surface area contributed by atoms with E-state index in [0.717, 1.165) is 5.56 Å². The Bertz CT molecular complexity index is 689. The van der Waals surface area contributed by atoms with Gasteiger partial charge in [0, 0.05) is 11.6 Å². The fraction of sp³-hybridized carbons (Fsp3) is 0.176. The van der Waals surface area contributed by atoms with Crippen molar-refractivity contribution in [1.82, 2.24) is 5.32 Å². The summed E-state index contributed by atoms with van der Waals surface area (Å²) in [4.78, 5) is 23.4. The van der Waals surface area contributed by atoms with Crippen molar-refractivity contribution in [1.29, 1.82) is 0 Å². The quantitative estimate of drug-likeness (QED) is 0.797. The van der Waals surface area contributed by atoms with Gasteiger partial charge in [-0.25, -0.2) is 4.39 Å². The molecule has 0 fully saturated rings. The molecule has 0 spiro atoms. The first-order valence-corrected chi connectivity index (χ1v) is 7.48. The molecular formula is C17H16ClFN2O2. The Labute approximate surface area is 138 Å². The Kier molecular flexibility index (Phi) is 6.11. The van der Waals surface area contributed by atoms with E-state index in [2.05, 4.69) is 10.6 Å². The molecular weight excluding hydrogens is 319 g/mol. The molecule has 2 N–H and O–H groups in total. The lowest BCUT2D eigenvalue weighted by Gasteiger charge is -2.07. The minimum Gasteiger partial charge on any atom is -0.355 e. The molecule has 0 saturated heterocycles. The van der Waals surface area contributed by atoms with Gasteiger partial charge in [-0.1, -0.05) is 35.9 Å². The minimum absolute atomic E-state index is 0.0615. The largest absolute Gasteiger partial charge is 0.355 e. The molecule has 2 aromatic carbocycles. The van der Waals surface area contributed by atoms with Crippen molar-refractivity contribution in [3.63, 3.8) is 0 Å². The van der Waals surface area contributed by atoms with E-state index in [1.807, 2.05) is 12.1 Å². The second-order valence-electron chi connectivity index (χ2n) is 4.93. The first-order chi connectivity index (χ1) is 11.0. The molecule has 0 bridgehead atoms. The molecule has 2 amide bonds. The number of para-hydroxylation sites is 1. The maximum Gasteiger partial charge on any atom is 0.233 e. The fourth-order valence-electron chi connectivity index (χ4n) is 1.96. The van der Waals surface area contributed by atoms with Gasteiger partial charge in [0.1, 0.15) is 12.2 Å². The standard InChI is InChI=1S/C17H16ClFN2O2/c18-13-7-5-12(6-8-13)9-10-20-16(22)11-17(23)21-15-4-2-1-3-14(15)19/h1-8H,9-11H2,(H,20,22)(H,21,23). The van der Waals surface area contributed by atoms with E-state index in [-0.39, 0.29) is 12.1 Å². The first-order valence-electron chi connectivity index (χ1n) is 7.10. The monoisotopic (exact) mass is 334 g/mol. The predicted molar refractivity (Wildman–Crippen MR) is 87.8 cm³/mol. The minimum atomic E-state index is -0.556. The average Bonchev–Trinajstić information content (AvgIpc) is 2.51. The van der Waals surface area contributed by atoms with Gasteiger partial charge in [0.25, 0.3) is 0 Å². The summed E-state index contributed by atoms with van der Waals surface area (Å²) in [5.74, 6) is -1.50. The number of hydrogen-bond acceptors (Lipinski definition) is 2. The van der Waals surface area contributed by atoms with Crippen molar-refractivity contribution in [2.75, 3.05) is 11.9 Å². The highest BCUT2D eigenvalue weighted by molar-refractivity contribution is 6.30. The summed E-state index contributed by atoms with van der Waals surface area (Å²) >= 11 is 5.79. The number of benzene rings is 2. The van der Waals surface area contributed by atoms with E-state index in [0.29, 0.717) is 18.0 Å². The third-order valence-corrected chi connectivity index (χ3v) is 3.37.